The molecule has 0 aliphatic heterocycles. The summed E-state index contributed by atoms with van der Waals surface area (Å²) in [5.74, 6) is 0.762. The number of rotatable bonds is 4. The van der Waals surface area contributed by atoms with Gasteiger partial charge in [0.1, 0.15) is 11.5 Å². The molecular weight excluding hydrogens is 226 g/mol. The van der Waals surface area contributed by atoms with E-state index in [0.717, 1.165) is 47.6 Å². The molecule has 2 rings (SSSR count). The van der Waals surface area contributed by atoms with Gasteiger partial charge in [0, 0.05) is 31.4 Å². The average molecular weight is 247 g/mol. The normalized spacial score (nSPS) is 11.1. The number of nitrogen functional groups attached to an aromatic ring is 1. The Balaban J connectivity index is 2.59. The maximum absolute atomic E-state index is 6.10. The molecule has 0 amide bonds. The van der Waals surface area contributed by atoms with E-state index in [-0.39, 0.29) is 0 Å². The summed E-state index contributed by atoms with van der Waals surface area (Å²) in [6.45, 7) is 4.26. The van der Waals surface area contributed by atoms with Crippen LogP contribution in [0.15, 0.2) is 6.20 Å². The zero-order valence-electron chi connectivity index (χ0n) is 11.6. The van der Waals surface area contributed by atoms with E-state index >= 15 is 0 Å². The molecule has 0 atom stereocenters. The second-order valence-electron chi connectivity index (χ2n) is 4.60. The van der Waals surface area contributed by atoms with Crippen LogP contribution >= 0.6 is 0 Å². The van der Waals surface area contributed by atoms with E-state index in [1.165, 1.54) is 0 Å². The fourth-order valence-electron chi connectivity index (χ4n) is 2.29. The summed E-state index contributed by atoms with van der Waals surface area (Å²) in [5, 5.41) is 9.03. The first-order valence-electron chi connectivity index (χ1n) is 6.42. The largest absolute Gasteiger partial charge is 0.384 e. The Labute approximate surface area is 108 Å². The highest BCUT2D eigenvalue weighted by molar-refractivity contribution is 5.69. The van der Waals surface area contributed by atoms with E-state index in [1.54, 1.807) is 4.68 Å². The molecule has 0 aromatic carbocycles. The SMILES string of the molecule is CCCc1c(-c2cn(C)nc2CC)nn(C)c1N. The van der Waals surface area contributed by atoms with Crippen LogP contribution in [0.1, 0.15) is 31.5 Å². The van der Waals surface area contributed by atoms with Crippen LogP contribution in [0.2, 0.25) is 0 Å². The highest BCUT2D eigenvalue weighted by atomic mass is 15.3. The molecule has 0 saturated heterocycles. The number of anilines is 1. The quantitative estimate of drug-likeness (QED) is 0.897. The molecule has 98 valence electrons. The Hall–Kier alpha value is -1.78. The molecule has 0 unspecified atom stereocenters. The molecule has 18 heavy (non-hydrogen) atoms. The van der Waals surface area contributed by atoms with Gasteiger partial charge in [-0.2, -0.15) is 10.2 Å². The highest BCUT2D eigenvalue weighted by Gasteiger charge is 2.18. The molecule has 0 bridgehead atoms. The van der Waals surface area contributed by atoms with Crippen molar-refractivity contribution in [3.63, 3.8) is 0 Å². The Bertz CT molecular complexity index is 550. The topological polar surface area (TPSA) is 61.7 Å². The van der Waals surface area contributed by atoms with E-state index in [4.69, 9.17) is 5.73 Å². The Morgan fingerprint density at radius 3 is 2.56 bits per heavy atom. The summed E-state index contributed by atoms with van der Waals surface area (Å²) in [6, 6.07) is 0. The van der Waals surface area contributed by atoms with Crippen molar-refractivity contribution in [3.8, 4) is 11.3 Å². The van der Waals surface area contributed by atoms with Crippen molar-refractivity contribution in [1.29, 1.82) is 0 Å². The molecular formula is C13H21N5. The van der Waals surface area contributed by atoms with Gasteiger partial charge in [-0.15, -0.1) is 0 Å². The first kappa shape index (κ1) is 12.7. The van der Waals surface area contributed by atoms with Gasteiger partial charge in [-0.3, -0.25) is 9.36 Å². The van der Waals surface area contributed by atoms with Crippen molar-refractivity contribution in [2.75, 3.05) is 5.73 Å². The van der Waals surface area contributed by atoms with Gasteiger partial charge in [0.05, 0.1) is 5.69 Å². The van der Waals surface area contributed by atoms with Crippen molar-refractivity contribution in [3.05, 3.63) is 17.5 Å². The van der Waals surface area contributed by atoms with Crippen LogP contribution in [0.5, 0.6) is 0 Å². The van der Waals surface area contributed by atoms with Crippen molar-refractivity contribution in [2.45, 2.75) is 33.1 Å². The zero-order valence-corrected chi connectivity index (χ0v) is 11.6. The van der Waals surface area contributed by atoms with Gasteiger partial charge in [0.15, 0.2) is 0 Å². The summed E-state index contributed by atoms with van der Waals surface area (Å²) in [5.41, 5.74) is 10.4. The third kappa shape index (κ3) is 2.00. The molecule has 0 spiro atoms. The van der Waals surface area contributed by atoms with Crippen LogP contribution in [-0.4, -0.2) is 19.6 Å². The number of nitrogens with two attached hydrogens (primary N) is 1. The van der Waals surface area contributed by atoms with Crippen molar-refractivity contribution in [1.82, 2.24) is 19.6 Å². The monoisotopic (exact) mass is 247 g/mol. The second-order valence-corrected chi connectivity index (χ2v) is 4.60. The standard InChI is InChI=1S/C13H21N5/c1-5-7-9-12(16-18(4)13(9)14)10-8-17(3)15-11(10)6-2/h8H,5-7,14H2,1-4H3. The minimum Gasteiger partial charge on any atom is -0.384 e. The van der Waals surface area contributed by atoms with Crippen LogP contribution in [0.25, 0.3) is 11.3 Å². The molecule has 0 fully saturated rings. The van der Waals surface area contributed by atoms with Crippen molar-refractivity contribution in [2.24, 2.45) is 14.1 Å². The summed E-state index contributed by atoms with van der Waals surface area (Å²) in [4.78, 5) is 0. The number of aromatic nitrogens is 4. The van der Waals surface area contributed by atoms with E-state index in [0.29, 0.717) is 0 Å². The minimum absolute atomic E-state index is 0.762. The third-order valence-corrected chi connectivity index (χ3v) is 3.19. The van der Waals surface area contributed by atoms with Crippen LogP contribution in [0.3, 0.4) is 0 Å². The summed E-state index contributed by atoms with van der Waals surface area (Å²) >= 11 is 0. The maximum Gasteiger partial charge on any atom is 0.125 e. The van der Waals surface area contributed by atoms with Crippen molar-refractivity contribution < 1.29 is 0 Å². The van der Waals surface area contributed by atoms with Crippen LogP contribution in [0, 0.1) is 0 Å². The third-order valence-electron chi connectivity index (χ3n) is 3.19. The predicted molar refractivity (Wildman–Crippen MR) is 73.2 cm³/mol. The van der Waals surface area contributed by atoms with Gasteiger partial charge >= 0.3 is 0 Å². The van der Waals surface area contributed by atoms with E-state index in [2.05, 4.69) is 24.0 Å². The summed E-state index contributed by atoms with van der Waals surface area (Å²) in [7, 11) is 3.83. The first-order chi connectivity index (χ1) is 8.58. The lowest BCUT2D eigenvalue weighted by Crippen LogP contribution is -1.99. The average Bonchev–Trinajstić information content (AvgIpc) is 2.84. The number of aryl methyl sites for hydroxylation is 3. The van der Waals surface area contributed by atoms with Gasteiger partial charge in [0.2, 0.25) is 0 Å². The minimum atomic E-state index is 0.762. The zero-order chi connectivity index (χ0) is 13.3. The fourth-order valence-corrected chi connectivity index (χ4v) is 2.29. The van der Waals surface area contributed by atoms with Gasteiger partial charge in [0.25, 0.3) is 0 Å². The molecule has 0 aliphatic rings. The predicted octanol–water partition coefficient (Wildman–Crippen LogP) is 1.92. The fraction of sp³-hybridized carbons (Fsp3) is 0.538. The Morgan fingerprint density at radius 1 is 1.22 bits per heavy atom. The molecule has 5 heteroatoms. The van der Waals surface area contributed by atoms with Crippen molar-refractivity contribution >= 4 is 5.82 Å². The molecule has 2 N–H and O–H groups in total. The lowest BCUT2D eigenvalue weighted by molar-refractivity contribution is 0.746. The van der Waals surface area contributed by atoms with E-state index in [1.807, 2.05) is 25.0 Å². The van der Waals surface area contributed by atoms with E-state index < -0.39 is 0 Å². The molecule has 2 aromatic heterocycles. The Kier molecular flexibility index (Phi) is 3.41. The van der Waals surface area contributed by atoms with Gasteiger partial charge in [-0.25, -0.2) is 0 Å². The summed E-state index contributed by atoms with van der Waals surface area (Å²) < 4.78 is 3.60. The van der Waals surface area contributed by atoms with E-state index in [9.17, 15) is 0 Å². The molecule has 5 nitrogen and oxygen atoms in total. The molecule has 0 saturated carbocycles. The van der Waals surface area contributed by atoms with Crippen LogP contribution < -0.4 is 5.73 Å². The molecule has 0 aliphatic carbocycles. The Morgan fingerprint density at radius 2 is 1.94 bits per heavy atom. The highest BCUT2D eigenvalue weighted by Crippen LogP contribution is 2.30. The lowest BCUT2D eigenvalue weighted by atomic mass is 10.0. The van der Waals surface area contributed by atoms with Gasteiger partial charge < -0.3 is 5.73 Å². The second kappa shape index (κ2) is 4.84. The number of hydrogen-bond acceptors (Lipinski definition) is 3. The maximum atomic E-state index is 6.10. The van der Waals surface area contributed by atoms with Crippen LogP contribution in [0.4, 0.5) is 5.82 Å². The van der Waals surface area contributed by atoms with Gasteiger partial charge in [-0.1, -0.05) is 20.3 Å². The molecule has 0 radical (unpaired) electrons. The summed E-state index contributed by atoms with van der Waals surface area (Å²) in [6.07, 6.45) is 4.94. The van der Waals surface area contributed by atoms with Crippen LogP contribution in [-0.2, 0) is 26.9 Å². The lowest BCUT2D eigenvalue weighted by Gasteiger charge is -2.01. The number of hydrogen-bond donors (Lipinski definition) is 1. The smallest absolute Gasteiger partial charge is 0.125 e. The molecule has 2 aromatic rings. The van der Waals surface area contributed by atoms with Gasteiger partial charge in [-0.05, 0) is 12.8 Å². The first-order valence-corrected chi connectivity index (χ1v) is 6.42. The molecule has 2 heterocycles. The number of nitrogens with zero attached hydrogens (tertiary/aromatic N) is 4.